The first-order chi connectivity index (χ1) is 10.1. The third kappa shape index (κ3) is 2.89. The van der Waals surface area contributed by atoms with Crippen molar-refractivity contribution in [1.29, 1.82) is 0 Å². The summed E-state index contributed by atoms with van der Waals surface area (Å²) in [7, 11) is 0. The van der Waals surface area contributed by atoms with Gasteiger partial charge in [0, 0.05) is 18.4 Å². The van der Waals surface area contributed by atoms with Crippen molar-refractivity contribution in [3.63, 3.8) is 0 Å². The summed E-state index contributed by atoms with van der Waals surface area (Å²) in [5, 5.41) is 5.96. The van der Waals surface area contributed by atoms with Gasteiger partial charge < -0.3 is 10.6 Å². The molecule has 108 valence electrons. The van der Waals surface area contributed by atoms with E-state index in [1.165, 1.54) is 17.5 Å². The minimum absolute atomic E-state index is 0.143. The number of thiazole rings is 1. The first-order valence-corrected chi connectivity index (χ1v) is 7.29. The van der Waals surface area contributed by atoms with Crippen molar-refractivity contribution in [3.8, 4) is 10.8 Å². The maximum absolute atomic E-state index is 12.1. The van der Waals surface area contributed by atoms with Crippen molar-refractivity contribution in [2.75, 3.05) is 6.54 Å². The van der Waals surface area contributed by atoms with Crippen molar-refractivity contribution >= 4 is 23.2 Å². The molecular formula is C13H13N5O2S. The van der Waals surface area contributed by atoms with Gasteiger partial charge in [-0.3, -0.25) is 9.59 Å². The summed E-state index contributed by atoms with van der Waals surface area (Å²) in [4.78, 5) is 36.6. The maximum Gasteiger partial charge on any atom is 0.263 e. The first-order valence-electron chi connectivity index (χ1n) is 6.48. The number of hydrogen-bond acceptors (Lipinski definition) is 6. The number of nitrogens with zero attached hydrogens (tertiary/aromatic N) is 3. The highest BCUT2D eigenvalue weighted by atomic mass is 32.1. The summed E-state index contributed by atoms with van der Waals surface area (Å²) in [6, 6.07) is 1.34. The Hall–Kier alpha value is -2.35. The SMILES string of the molecule is Cc1ccnc(-c2ncc(C(=O)NC3CCNC3=O)s2)n1. The Morgan fingerprint density at radius 1 is 1.48 bits per heavy atom. The van der Waals surface area contributed by atoms with Crippen LogP contribution in [0.2, 0.25) is 0 Å². The molecule has 0 aliphatic carbocycles. The van der Waals surface area contributed by atoms with E-state index >= 15 is 0 Å². The monoisotopic (exact) mass is 303 g/mol. The highest BCUT2D eigenvalue weighted by Gasteiger charge is 2.26. The second kappa shape index (κ2) is 5.57. The van der Waals surface area contributed by atoms with Crippen molar-refractivity contribution < 1.29 is 9.59 Å². The van der Waals surface area contributed by atoms with Gasteiger partial charge in [-0.15, -0.1) is 11.3 Å². The van der Waals surface area contributed by atoms with Gasteiger partial charge in [-0.25, -0.2) is 15.0 Å². The van der Waals surface area contributed by atoms with Gasteiger partial charge in [0.2, 0.25) is 5.91 Å². The molecule has 2 amide bonds. The number of aromatic nitrogens is 3. The van der Waals surface area contributed by atoms with Crippen molar-refractivity contribution in [2.45, 2.75) is 19.4 Å². The zero-order chi connectivity index (χ0) is 14.8. The number of nitrogens with one attached hydrogen (secondary N) is 2. The topological polar surface area (TPSA) is 96.9 Å². The Labute approximate surface area is 124 Å². The van der Waals surface area contributed by atoms with Gasteiger partial charge in [0.05, 0.1) is 6.20 Å². The lowest BCUT2D eigenvalue weighted by Crippen LogP contribution is -2.39. The lowest BCUT2D eigenvalue weighted by atomic mass is 10.2. The molecule has 0 bridgehead atoms. The van der Waals surface area contributed by atoms with Gasteiger partial charge in [-0.2, -0.15) is 0 Å². The van der Waals surface area contributed by atoms with Crippen LogP contribution in [0, 0.1) is 6.92 Å². The highest BCUT2D eigenvalue weighted by molar-refractivity contribution is 7.16. The van der Waals surface area contributed by atoms with Crippen molar-refractivity contribution in [1.82, 2.24) is 25.6 Å². The van der Waals surface area contributed by atoms with Crippen LogP contribution in [0.15, 0.2) is 18.5 Å². The van der Waals surface area contributed by atoms with E-state index in [2.05, 4.69) is 25.6 Å². The van der Waals surface area contributed by atoms with Crippen LogP contribution in [0.3, 0.4) is 0 Å². The van der Waals surface area contributed by atoms with Crippen molar-refractivity contribution in [3.05, 3.63) is 29.0 Å². The Morgan fingerprint density at radius 2 is 2.33 bits per heavy atom. The first kappa shape index (κ1) is 13.6. The molecule has 0 aromatic carbocycles. The van der Waals surface area contributed by atoms with Crippen LogP contribution in [0.1, 0.15) is 21.8 Å². The molecule has 8 heteroatoms. The normalized spacial score (nSPS) is 17.6. The third-order valence-corrected chi connectivity index (χ3v) is 4.06. The summed E-state index contributed by atoms with van der Waals surface area (Å²) in [6.07, 6.45) is 3.74. The summed E-state index contributed by atoms with van der Waals surface area (Å²) in [5.41, 5.74) is 0.837. The number of carbonyl (C=O) groups is 2. The second-order valence-electron chi connectivity index (χ2n) is 4.66. The van der Waals surface area contributed by atoms with E-state index in [-0.39, 0.29) is 11.8 Å². The van der Waals surface area contributed by atoms with Gasteiger partial charge in [0.15, 0.2) is 10.8 Å². The van der Waals surface area contributed by atoms with Gasteiger partial charge in [0.25, 0.3) is 5.91 Å². The predicted molar refractivity (Wildman–Crippen MR) is 76.8 cm³/mol. The van der Waals surface area contributed by atoms with E-state index in [4.69, 9.17) is 0 Å². The van der Waals surface area contributed by atoms with E-state index in [9.17, 15) is 9.59 Å². The molecule has 1 fully saturated rings. The van der Waals surface area contributed by atoms with Crippen LogP contribution >= 0.6 is 11.3 Å². The van der Waals surface area contributed by atoms with Crippen LogP contribution in [0.25, 0.3) is 10.8 Å². The predicted octanol–water partition coefficient (Wildman–Crippen LogP) is 0.527. The molecule has 1 saturated heterocycles. The van der Waals surface area contributed by atoms with Crippen LogP contribution in [-0.2, 0) is 4.79 Å². The molecule has 2 aromatic heterocycles. The molecule has 0 saturated carbocycles. The van der Waals surface area contributed by atoms with Gasteiger partial charge in [-0.1, -0.05) is 0 Å². The largest absolute Gasteiger partial charge is 0.354 e. The molecule has 0 spiro atoms. The summed E-state index contributed by atoms with van der Waals surface area (Å²) < 4.78 is 0. The molecular weight excluding hydrogens is 290 g/mol. The number of amides is 2. The zero-order valence-corrected chi connectivity index (χ0v) is 12.1. The Kier molecular flexibility index (Phi) is 3.61. The van der Waals surface area contributed by atoms with Crippen LogP contribution in [0.4, 0.5) is 0 Å². The van der Waals surface area contributed by atoms with Crippen LogP contribution in [0.5, 0.6) is 0 Å². The second-order valence-corrected chi connectivity index (χ2v) is 5.69. The lowest BCUT2D eigenvalue weighted by Gasteiger charge is -2.07. The molecule has 2 aromatic rings. The number of hydrogen-bond donors (Lipinski definition) is 2. The van der Waals surface area contributed by atoms with E-state index in [0.717, 1.165) is 5.69 Å². The molecule has 1 aliphatic rings. The summed E-state index contributed by atoms with van der Waals surface area (Å²) in [6.45, 7) is 2.46. The molecule has 1 unspecified atom stereocenters. The number of rotatable bonds is 3. The van der Waals surface area contributed by atoms with E-state index < -0.39 is 6.04 Å². The summed E-state index contributed by atoms with van der Waals surface area (Å²) in [5.74, 6) is 0.0567. The van der Waals surface area contributed by atoms with Gasteiger partial charge in [-0.05, 0) is 19.4 Å². The fourth-order valence-corrected chi connectivity index (χ4v) is 2.76. The van der Waals surface area contributed by atoms with Crippen LogP contribution < -0.4 is 10.6 Å². The number of carbonyl (C=O) groups excluding carboxylic acids is 2. The molecule has 1 atom stereocenters. The van der Waals surface area contributed by atoms with Gasteiger partial charge in [0.1, 0.15) is 10.9 Å². The standard InChI is InChI=1S/C13H13N5O2S/c1-7-2-4-14-10(17-7)13-16-6-9(21-13)12(20)18-8-3-5-15-11(8)19/h2,4,6,8H,3,5H2,1H3,(H,15,19)(H,18,20). The fraction of sp³-hybridized carbons (Fsp3) is 0.308. The molecule has 1 aliphatic heterocycles. The van der Waals surface area contributed by atoms with Crippen molar-refractivity contribution in [2.24, 2.45) is 0 Å². The third-order valence-electron chi connectivity index (χ3n) is 3.07. The van der Waals surface area contributed by atoms with E-state index in [1.54, 1.807) is 12.3 Å². The minimum Gasteiger partial charge on any atom is -0.354 e. The molecule has 0 radical (unpaired) electrons. The average Bonchev–Trinajstić information content (AvgIpc) is 3.09. The average molecular weight is 303 g/mol. The Bertz CT molecular complexity index is 699. The summed E-state index contributed by atoms with van der Waals surface area (Å²) >= 11 is 1.21. The molecule has 21 heavy (non-hydrogen) atoms. The van der Waals surface area contributed by atoms with E-state index in [1.807, 2.05) is 6.92 Å². The highest BCUT2D eigenvalue weighted by Crippen LogP contribution is 2.22. The molecule has 3 heterocycles. The number of aryl methyl sites for hydroxylation is 1. The smallest absolute Gasteiger partial charge is 0.263 e. The minimum atomic E-state index is -0.460. The lowest BCUT2D eigenvalue weighted by molar-refractivity contribution is -0.120. The maximum atomic E-state index is 12.1. The van der Waals surface area contributed by atoms with Gasteiger partial charge >= 0.3 is 0 Å². The molecule has 7 nitrogen and oxygen atoms in total. The van der Waals surface area contributed by atoms with Crippen LogP contribution in [-0.4, -0.2) is 39.4 Å². The molecule has 3 rings (SSSR count). The Morgan fingerprint density at radius 3 is 3.05 bits per heavy atom. The quantitative estimate of drug-likeness (QED) is 0.862. The fourth-order valence-electron chi connectivity index (χ4n) is 2.00. The zero-order valence-electron chi connectivity index (χ0n) is 11.3. The Balaban J connectivity index is 1.75. The molecule has 2 N–H and O–H groups in total. The van der Waals surface area contributed by atoms with E-state index in [0.29, 0.717) is 28.7 Å².